The van der Waals surface area contributed by atoms with Crippen LogP contribution in [0.2, 0.25) is 0 Å². The predicted octanol–water partition coefficient (Wildman–Crippen LogP) is 3.03. The first-order chi connectivity index (χ1) is 9.82. The predicted molar refractivity (Wildman–Crippen MR) is 76.1 cm³/mol. The van der Waals surface area contributed by atoms with Gasteiger partial charge in [-0.1, -0.05) is 12.1 Å². The number of alkyl halides is 2. The van der Waals surface area contributed by atoms with Gasteiger partial charge in [-0.3, -0.25) is 4.79 Å². The van der Waals surface area contributed by atoms with E-state index in [1.54, 1.807) is 0 Å². The molecule has 0 unspecified atom stereocenters. The molecule has 0 saturated carbocycles. The monoisotopic (exact) mass is 378 g/mol. The summed E-state index contributed by atoms with van der Waals surface area (Å²) in [5.41, 5.74) is -0.0420. The van der Waals surface area contributed by atoms with Crippen LogP contribution in [0.15, 0.2) is 45.9 Å². The minimum Gasteiger partial charge on any atom is -0.356 e. The summed E-state index contributed by atoms with van der Waals surface area (Å²) in [6, 6.07) is 6.47. The number of hydrogen-bond acceptors (Lipinski definition) is 3. The van der Waals surface area contributed by atoms with E-state index in [1.807, 2.05) is 0 Å². The van der Waals surface area contributed by atoms with Gasteiger partial charge in [0.2, 0.25) is 9.84 Å². The SMILES string of the molecule is O=C(Nc1ccccc1S(=O)(=O)C(F)F)c1cc(Br)c[nH]1. The highest BCUT2D eigenvalue weighted by molar-refractivity contribution is 9.10. The first-order valence-electron chi connectivity index (χ1n) is 5.58. The molecular formula is C12H9BrF2N2O3S. The van der Waals surface area contributed by atoms with Gasteiger partial charge in [-0.25, -0.2) is 8.42 Å². The number of aromatic nitrogens is 1. The molecule has 2 rings (SSSR count). The molecule has 1 heterocycles. The van der Waals surface area contributed by atoms with Crippen molar-refractivity contribution in [3.63, 3.8) is 0 Å². The normalized spacial score (nSPS) is 11.6. The Hall–Kier alpha value is -1.74. The maximum atomic E-state index is 12.6. The Morgan fingerprint density at radius 3 is 2.52 bits per heavy atom. The minimum atomic E-state index is -4.80. The second kappa shape index (κ2) is 5.94. The fourth-order valence-corrected chi connectivity index (χ4v) is 2.83. The van der Waals surface area contributed by atoms with Crippen LogP contribution in [0.3, 0.4) is 0 Å². The molecule has 21 heavy (non-hydrogen) atoms. The molecule has 0 atom stereocenters. The first-order valence-corrected chi connectivity index (χ1v) is 7.92. The maximum Gasteiger partial charge on any atom is 0.341 e. The maximum absolute atomic E-state index is 12.6. The van der Waals surface area contributed by atoms with Crippen molar-refractivity contribution in [3.05, 3.63) is 46.7 Å². The zero-order valence-corrected chi connectivity index (χ0v) is 12.7. The van der Waals surface area contributed by atoms with Crippen LogP contribution in [0.1, 0.15) is 10.5 Å². The summed E-state index contributed by atoms with van der Waals surface area (Å²) >= 11 is 3.14. The Labute approximate surface area is 127 Å². The summed E-state index contributed by atoms with van der Waals surface area (Å²) < 4.78 is 49.0. The largest absolute Gasteiger partial charge is 0.356 e. The molecule has 2 N–H and O–H groups in total. The molecule has 0 radical (unpaired) electrons. The van der Waals surface area contributed by atoms with E-state index in [2.05, 4.69) is 26.2 Å². The van der Waals surface area contributed by atoms with Crippen molar-refractivity contribution in [1.82, 2.24) is 4.98 Å². The summed E-state index contributed by atoms with van der Waals surface area (Å²) in [6.45, 7) is 0. The Morgan fingerprint density at radius 1 is 1.29 bits per heavy atom. The molecule has 0 fully saturated rings. The van der Waals surface area contributed by atoms with Crippen LogP contribution in [0.5, 0.6) is 0 Å². The van der Waals surface area contributed by atoms with Gasteiger partial charge in [0.1, 0.15) is 5.69 Å². The third-order valence-corrected chi connectivity index (χ3v) is 4.46. The van der Waals surface area contributed by atoms with Gasteiger partial charge >= 0.3 is 5.76 Å². The molecule has 0 aliphatic heterocycles. The number of benzene rings is 1. The number of carbonyl (C=O) groups excluding carboxylic acids is 1. The number of anilines is 1. The molecule has 0 spiro atoms. The second-order valence-electron chi connectivity index (χ2n) is 3.99. The minimum absolute atomic E-state index is 0.158. The lowest BCUT2D eigenvalue weighted by atomic mass is 10.3. The average molecular weight is 379 g/mol. The molecule has 9 heteroatoms. The lowest BCUT2D eigenvalue weighted by molar-refractivity contribution is 0.102. The summed E-state index contributed by atoms with van der Waals surface area (Å²) in [5, 5.41) is 2.30. The fraction of sp³-hybridized carbons (Fsp3) is 0.0833. The third kappa shape index (κ3) is 3.30. The number of nitrogens with one attached hydrogen (secondary N) is 2. The van der Waals surface area contributed by atoms with Crippen LogP contribution < -0.4 is 5.32 Å². The van der Waals surface area contributed by atoms with E-state index in [1.165, 1.54) is 30.5 Å². The molecule has 0 aliphatic rings. The van der Waals surface area contributed by atoms with E-state index < -0.39 is 26.4 Å². The average Bonchev–Trinajstić information content (AvgIpc) is 2.86. The van der Waals surface area contributed by atoms with E-state index in [-0.39, 0.29) is 11.4 Å². The summed E-state index contributed by atoms with van der Waals surface area (Å²) in [4.78, 5) is 14.0. The van der Waals surface area contributed by atoms with Gasteiger partial charge in [0.05, 0.1) is 10.6 Å². The molecule has 1 aromatic heterocycles. The van der Waals surface area contributed by atoms with Crippen molar-refractivity contribution in [2.24, 2.45) is 0 Å². The van der Waals surface area contributed by atoms with Gasteiger partial charge in [-0.15, -0.1) is 0 Å². The zero-order chi connectivity index (χ0) is 15.6. The topological polar surface area (TPSA) is 79.0 Å². The van der Waals surface area contributed by atoms with Crippen LogP contribution >= 0.6 is 15.9 Å². The van der Waals surface area contributed by atoms with Gasteiger partial charge in [-0.2, -0.15) is 8.78 Å². The highest BCUT2D eigenvalue weighted by Gasteiger charge is 2.29. The summed E-state index contributed by atoms with van der Waals surface area (Å²) in [5.74, 6) is -4.20. The van der Waals surface area contributed by atoms with Gasteiger partial charge in [0, 0.05) is 10.7 Å². The van der Waals surface area contributed by atoms with Crippen LogP contribution in [0, 0.1) is 0 Å². The van der Waals surface area contributed by atoms with Gasteiger partial charge in [0.25, 0.3) is 5.91 Å². The van der Waals surface area contributed by atoms with E-state index in [0.717, 1.165) is 6.07 Å². The van der Waals surface area contributed by atoms with Crippen LogP contribution in [-0.2, 0) is 9.84 Å². The second-order valence-corrected chi connectivity index (χ2v) is 6.79. The van der Waals surface area contributed by atoms with Crippen LogP contribution in [-0.4, -0.2) is 25.1 Å². The van der Waals surface area contributed by atoms with Crippen molar-refractivity contribution >= 4 is 37.4 Å². The highest BCUT2D eigenvalue weighted by Crippen LogP contribution is 2.26. The van der Waals surface area contributed by atoms with Crippen LogP contribution in [0.4, 0.5) is 14.5 Å². The van der Waals surface area contributed by atoms with Gasteiger partial charge in [-0.05, 0) is 34.1 Å². The molecule has 5 nitrogen and oxygen atoms in total. The van der Waals surface area contributed by atoms with Crippen molar-refractivity contribution in [2.75, 3.05) is 5.32 Å². The molecule has 0 bridgehead atoms. The number of carbonyl (C=O) groups is 1. The lowest BCUT2D eigenvalue weighted by Gasteiger charge is -2.10. The number of hydrogen-bond donors (Lipinski definition) is 2. The number of H-pyrrole nitrogens is 1. The number of aromatic amines is 1. The number of halogens is 3. The molecule has 0 saturated heterocycles. The van der Waals surface area contributed by atoms with E-state index in [4.69, 9.17) is 0 Å². The Balaban J connectivity index is 2.36. The lowest BCUT2D eigenvalue weighted by Crippen LogP contribution is -2.18. The fourth-order valence-electron chi connectivity index (χ4n) is 1.60. The van der Waals surface area contributed by atoms with E-state index >= 15 is 0 Å². The molecular weight excluding hydrogens is 370 g/mol. The van der Waals surface area contributed by atoms with Crippen molar-refractivity contribution in [2.45, 2.75) is 10.7 Å². The number of rotatable bonds is 4. The number of para-hydroxylation sites is 1. The zero-order valence-electron chi connectivity index (χ0n) is 10.3. The van der Waals surface area contributed by atoms with Gasteiger partial charge < -0.3 is 10.3 Å². The molecule has 112 valence electrons. The molecule has 1 amide bonds. The molecule has 2 aromatic rings. The summed E-state index contributed by atoms with van der Waals surface area (Å²) in [7, 11) is -4.80. The van der Waals surface area contributed by atoms with Crippen molar-refractivity contribution in [1.29, 1.82) is 0 Å². The first kappa shape index (κ1) is 15.6. The third-order valence-electron chi connectivity index (χ3n) is 2.57. The molecule has 1 aromatic carbocycles. The smallest absolute Gasteiger partial charge is 0.341 e. The number of amides is 1. The van der Waals surface area contributed by atoms with E-state index in [9.17, 15) is 22.0 Å². The van der Waals surface area contributed by atoms with Crippen molar-refractivity contribution in [3.8, 4) is 0 Å². The molecule has 0 aliphatic carbocycles. The Morgan fingerprint density at radius 2 is 1.95 bits per heavy atom. The highest BCUT2D eigenvalue weighted by atomic mass is 79.9. The van der Waals surface area contributed by atoms with E-state index in [0.29, 0.717) is 4.47 Å². The van der Waals surface area contributed by atoms with Crippen LogP contribution in [0.25, 0.3) is 0 Å². The quantitative estimate of drug-likeness (QED) is 0.857. The van der Waals surface area contributed by atoms with Crippen molar-refractivity contribution < 1.29 is 22.0 Å². The summed E-state index contributed by atoms with van der Waals surface area (Å²) in [6.07, 6.45) is 1.51. The Bertz CT molecular complexity index is 774. The number of sulfone groups is 1. The standard InChI is InChI=1S/C12H9BrF2N2O3S/c13-7-5-9(16-6-7)11(18)17-8-3-1-2-4-10(8)21(19,20)12(14)15/h1-6,12,16H,(H,17,18). The Kier molecular flexibility index (Phi) is 4.43. The van der Waals surface area contributed by atoms with Gasteiger partial charge in [0.15, 0.2) is 0 Å².